The third-order valence-corrected chi connectivity index (χ3v) is 5.14. The maximum Gasteiger partial charge on any atom is 0.258 e. The van der Waals surface area contributed by atoms with Gasteiger partial charge in [0.05, 0.1) is 13.7 Å². The summed E-state index contributed by atoms with van der Waals surface area (Å²) in [7, 11) is 1.65. The summed E-state index contributed by atoms with van der Waals surface area (Å²) in [6, 6.07) is 22.0. The highest BCUT2D eigenvalue weighted by atomic mass is 16.5. The Morgan fingerprint density at radius 1 is 0.852 bits per heavy atom. The van der Waals surface area contributed by atoms with Crippen LogP contribution in [-0.4, -0.2) is 16.7 Å². The zero-order valence-corrected chi connectivity index (χ0v) is 14.9. The number of aromatic nitrogens is 2. The van der Waals surface area contributed by atoms with Gasteiger partial charge in [-0.25, -0.2) is 0 Å². The molecule has 0 amide bonds. The summed E-state index contributed by atoms with van der Waals surface area (Å²) in [5.41, 5.74) is 3.22. The fourth-order valence-electron chi connectivity index (χ4n) is 3.77. The number of H-pyrrole nitrogens is 1. The topological polar surface area (TPSA) is 47.0 Å². The van der Waals surface area contributed by atoms with Crippen molar-refractivity contribution in [3.8, 4) is 5.75 Å². The van der Waals surface area contributed by atoms with Gasteiger partial charge in [-0.1, -0.05) is 30.3 Å². The van der Waals surface area contributed by atoms with Gasteiger partial charge in [0.15, 0.2) is 0 Å². The van der Waals surface area contributed by atoms with Gasteiger partial charge in [0.25, 0.3) is 5.56 Å². The first-order chi connectivity index (χ1) is 13.2. The van der Waals surface area contributed by atoms with Crippen molar-refractivity contribution >= 4 is 32.6 Å². The van der Waals surface area contributed by atoms with Crippen LogP contribution in [0, 0.1) is 0 Å². The molecule has 0 saturated carbocycles. The molecule has 2 heterocycles. The molecule has 27 heavy (non-hydrogen) atoms. The summed E-state index contributed by atoms with van der Waals surface area (Å²) >= 11 is 0. The zero-order valence-electron chi connectivity index (χ0n) is 14.9. The van der Waals surface area contributed by atoms with Crippen LogP contribution in [0.4, 0.5) is 0 Å². The van der Waals surface area contributed by atoms with Crippen molar-refractivity contribution in [1.29, 1.82) is 0 Å². The highest BCUT2D eigenvalue weighted by Crippen LogP contribution is 2.30. The van der Waals surface area contributed by atoms with E-state index in [1.54, 1.807) is 11.7 Å². The van der Waals surface area contributed by atoms with Crippen molar-refractivity contribution in [2.75, 3.05) is 7.11 Å². The van der Waals surface area contributed by atoms with Gasteiger partial charge in [0, 0.05) is 33.4 Å². The molecule has 132 valence electrons. The number of methoxy groups -OCH3 is 1. The average molecular weight is 354 g/mol. The minimum absolute atomic E-state index is 0.0236. The highest BCUT2D eigenvalue weighted by Gasteiger charge is 2.11. The maximum absolute atomic E-state index is 13.1. The minimum Gasteiger partial charge on any atom is -0.497 e. The van der Waals surface area contributed by atoms with Crippen LogP contribution in [0.25, 0.3) is 32.6 Å². The first kappa shape index (κ1) is 15.7. The van der Waals surface area contributed by atoms with Crippen LogP contribution in [0.3, 0.4) is 0 Å². The van der Waals surface area contributed by atoms with Crippen LogP contribution in [0.15, 0.2) is 77.7 Å². The van der Waals surface area contributed by atoms with Crippen molar-refractivity contribution in [3.63, 3.8) is 0 Å². The van der Waals surface area contributed by atoms with Gasteiger partial charge in [0.1, 0.15) is 5.75 Å². The molecule has 4 heteroatoms. The van der Waals surface area contributed by atoms with E-state index >= 15 is 0 Å². The summed E-state index contributed by atoms with van der Waals surface area (Å²) in [4.78, 5) is 16.5. The third kappa shape index (κ3) is 2.49. The van der Waals surface area contributed by atoms with E-state index in [-0.39, 0.29) is 5.56 Å². The number of pyridine rings is 1. The Kier molecular flexibility index (Phi) is 3.50. The molecule has 0 unspecified atom stereocenters. The number of para-hydroxylation sites is 1. The Balaban J connectivity index is 1.67. The van der Waals surface area contributed by atoms with E-state index in [2.05, 4.69) is 17.1 Å². The molecule has 5 rings (SSSR count). The number of ether oxygens (including phenoxy) is 1. The molecule has 0 spiro atoms. The lowest BCUT2D eigenvalue weighted by atomic mass is 10.1. The lowest BCUT2D eigenvalue weighted by Gasteiger charge is -2.09. The number of hydrogen-bond donors (Lipinski definition) is 1. The fraction of sp³-hybridized carbons (Fsp3) is 0.0870. The van der Waals surface area contributed by atoms with Gasteiger partial charge >= 0.3 is 0 Å². The van der Waals surface area contributed by atoms with Gasteiger partial charge in [-0.05, 0) is 47.3 Å². The Morgan fingerprint density at radius 2 is 1.67 bits per heavy atom. The van der Waals surface area contributed by atoms with Gasteiger partial charge in [0.2, 0.25) is 0 Å². The van der Waals surface area contributed by atoms with E-state index in [9.17, 15) is 4.79 Å². The Hall–Kier alpha value is -3.53. The summed E-state index contributed by atoms with van der Waals surface area (Å²) in [5.74, 6) is 0.811. The summed E-state index contributed by atoms with van der Waals surface area (Å²) in [5, 5.41) is 3.98. The number of fused-ring (bicyclic) bond motifs is 5. The van der Waals surface area contributed by atoms with Crippen LogP contribution in [-0.2, 0) is 6.54 Å². The lowest BCUT2D eigenvalue weighted by Crippen LogP contribution is -2.20. The van der Waals surface area contributed by atoms with Crippen molar-refractivity contribution < 1.29 is 4.74 Å². The number of aromatic amines is 1. The van der Waals surface area contributed by atoms with Crippen LogP contribution in [0.2, 0.25) is 0 Å². The molecular formula is C23H18N2O2. The summed E-state index contributed by atoms with van der Waals surface area (Å²) in [6.45, 7) is 0.532. The molecule has 0 atom stereocenters. The molecule has 0 saturated heterocycles. The molecule has 0 aliphatic rings. The van der Waals surface area contributed by atoms with Crippen LogP contribution in [0.1, 0.15) is 5.56 Å². The van der Waals surface area contributed by atoms with E-state index in [1.165, 1.54) is 0 Å². The minimum atomic E-state index is 0.0236. The van der Waals surface area contributed by atoms with Gasteiger partial charge < -0.3 is 14.3 Å². The lowest BCUT2D eigenvalue weighted by molar-refractivity contribution is 0.414. The molecule has 0 radical (unpaired) electrons. The molecule has 3 aromatic carbocycles. The molecule has 5 aromatic rings. The van der Waals surface area contributed by atoms with Gasteiger partial charge in [-0.3, -0.25) is 4.79 Å². The second kappa shape index (κ2) is 6.02. The molecule has 0 fully saturated rings. The number of nitrogens with zero attached hydrogens (tertiary/aromatic N) is 1. The van der Waals surface area contributed by atoms with Crippen molar-refractivity contribution in [2.45, 2.75) is 6.54 Å². The Bertz CT molecular complexity index is 1340. The smallest absolute Gasteiger partial charge is 0.258 e. The normalized spacial score (nSPS) is 11.4. The predicted molar refractivity (Wildman–Crippen MR) is 110 cm³/mol. The molecule has 4 nitrogen and oxygen atoms in total. The molecule has 1 N–H and O–H groups in total. The van der Waals surface area contributed by atoms with Gasteiger partial charge in [-0.15, -0.1) is 0 Å². The largest absolute Gasteiger partial charge is 0.497 e. The van der Waals surface area contributed by atoms with E-state index in [4.69, 9.17) is 4.74 Å². The average Bonchev–Trinajstić information content (AvgIpc) is 3.09. The summed E-state index contributed by atoms with van der Waals surface area (Å²) < 4.78 is 6.95. The van der Waals surface area contributed by atoms with Crippen LogP contribution in [0.5, 0.6) is 5.75 Å². The predicted octanol–water partition coefficient (Wildman–Crippen LogP) is 4.69. The summed E-state index contributed by atoms with van der Waals surface area (Å²) in [6.07, 6.45) is 1.89. The monoisotopic (exact) mass is 354 g/mol. The number of rotatable bonds is 3. The van der Waals surface area contributed by atoms with E-state index < -0.39 is 0 Å². The Labute approximate surface area is 155 Å². The molecule has 0 aliphatic carbocycles. The quantitative estimate of drug-likeness (QED) is 0.511. The number of nitrogens with one attached hydrogen (secondary N) is 1. The SMILES string of the molecule is COc1ccc(Cn2ccc3c(ccc4[nH]c5ccccc5c43)c2=O)cc1. The molecule has 0 bridgehead atoms. The van der Waals surface area contributed by atoms with Crippen molar-refractivity contribution in [3.05, 3.63) is 88.8 Å². The van der Waals surface area contributed by atoms with Crippen molar-refractivity contribution in [2.24, 2.45) is 0 Å². The van der Waals surface area contributed by atoms with Gasteiger partial charge in [-0.2, -0.15) is 0 Å². The van der Waals surface area contributed by atoms with Crippen LogP contribution >= 0.6 is 0 Å². The highest BCUT2D eigenvalue weighted by molar-refractivity contribution is 6.19. The Morgan fingerprint density at radius 3 is 2.48 bits per heavy atom. The van der Waals surface area contributed by atoms with E-state index in [0.29, 0.717) is 6.54 Å². The molecule has 0 aliphatic heterocycles. The zero-order chi connectivity index (χ0) is 18.4. The number of hydrogen-bond acceptors (Lipinski definition) is 2. The first-order valence-corrected chi connectivity index (χ1v) is 8.90. The standard InChI is InChI=1S/C23H18N2O2/c1-27-16-8-6-15(7-9-16)14-25-13-12-17-18(23(25)26)10-11-21-22(17)19-4-2-3-5-20(19)24-21/h2-13,24H,14H2,1H3. The molecule has 2 aromatic heterocycles. The number of benzene rings is 3. The third-order valence-electron chi connectivity index (χ3n) is 5.14. The first-order valence-electron chi connectivity index (χ1n) is 8.90. The van der Waals surface area contributed by atoms with Crippen molar-refractivity contribution in [1.82, 2.24) is 9.55 Å². The van der Waals surface area contributed by atoms with E-state index in [0.717, 1.165) is 43.9 Å². The van der Waals surface area contributed by atoms with E-state index in [1.807, 2.05) is 60.8 Å². The fourth-order valence-corrected chi connectivity index (χ4v) is 3.77. The van der Waals surface area contributed by atoms with Crippen LogP contribution < -0.4 is 10.3 Å². The second-order valence-electron chi connectivity index (χ2n) is 6.72. The molecular weight excluding hydrogens is 336 g/mol. The maximum atomic E-state index is 13.1. The second-order valence-corrected chi connectivity index (χ2v) is 6.72.